The Bertz CT molecular complexity index is 1300. The van der Waals surface area contributed by atoms with Crippen LogP contribution in [0.25, 0.3) is 11.3 Å². The monoisotopic (exact) mass is 462 g/mol. The summed E-state index contributed by atoms with van der Waals surface area (Å²) in [6, 6.07) is 14.5. The number of hydrogen-bond acceptors (Lipinski definition) is 6. The predicted octanol–water partition coefficient (Wildman–Crippen LogP) is 4.14. The fraction of sp³-hybridized carbons (Fsp3) is 0.320. The van der Waals surface area contributed by atoms with Crippen LogP contribution in [-0.4, -0.2) is 42.9 Å². The van der Waals surface area contributed by atoms with Crippen molar-refractivity contribution < 1.29 is 14.2 Å². The maximum atomic E-state index is 13.5. The molecule has 1 aliphatic heterocycles. The van der Waals surface area contributed by atoms with Crippen molar-refractivity contribution in [1.82, 2.24) is 24.5 Å². The Kier molecular flexibility index (Phi) is 6.12. The zero-order chi connectivity index (χ0) is 23.7. The van der Waals surface area contributed by atoms with Crippen molar-refractivity contribution in [2.24, 2.45) is 0 Å². The number of nitrogens with one attached hydrogen (secondary N) is 1. The summed E-state index contributed by atoms with van der Waals surface area (Å²) in [4.78, 5) is 0. The van der Waals surface area contributed by atoms with Crippen LogP contribution < -0.4 is 5.32 Å². The molecule has 2 aromatic heterocycles. The molecule has 0 radical (unpaired) electrons. The van der Waals surface area contributed by atoms with Gasteiger partial charge in [-0.15, -0.1) is 10.2 Å². The second-order valence-corrected chi connectivity index (χ2v) is 8.52. The highest BCUT2D eigenvalue weighted by Gasteiger charge is 2.27. The lowest BCUT2D eigenvalue weighted by molar-refractivity contribution is 0.0670. The molecule has 0 saturated carbocycles. The van der Waals surface area contributed by atoms with Crippen molar-refractivity contribution in [3.8, 4) is 11.3 Å². The first-order valence-electron chi connectivity index (χ1n) is 11.3. The summed E-state index contributed by atoms with van der Waals surface area (Å²) in [5, 5.41) is 26.0. The van der Waals surface area contributed by atoms with Crippen molar-refractivity contribution in [3.63, 3.8) is 0 Å². The first kappa shape index (κ1) is 22.2. The lowest BCUT2D eigenvalue weighted by atomic mass is 10.1. The van der Waals surface area contributed by atoms with E-state index in [0.717, 1.165) is 39.6 Å². The van der Waals surface area contributed by atoms with Gasteiger partial charge in [-0.25, -0.2) is 4.39 Å². The molecule has 4 aromatic rings. The molecule has 1 aliphatic rings. The van der Waals surface area contributed by atoms with Crippen molar-refractivity contribution in [2.75, 3.05) is 18.5 Å². The van der Waals surface area contributed by atoms with Gasteiger partial charge in [0.15, 0.2) is 5.82 Å². The molecule has 2 N–H and O–H groups in total. The smallest absolute Gasteiger partial charge is 0.229 e. The minimum atomic E-state index is -0.274. The molecular weight excluding hydrogens is 435 g/mol. The summed E-state index contributed by atoms with van der Waals surface area (Å²) < 4.78 is 23.1. The number of fused-ring (bicyclic) bond motifs is 1. The number of rotatable bonds is 7. The van der Waals surface area contributed by atoms with E-state index in [1.165, 1.54) is 12.1 Å². The number of nitrogens with zero attached hydrogens (tertiary/aromatic N) is 5. The average Bonchev–Trinajstić information content (AvgIpc) is 3.43. The second kappa shape index (κ2) is 9.36. The third-order valence-electron chi connectivity index (χ3n) is 6.13. The minimum Gasteiger partial charge on any atom is -0.396 e. The number of aryl methyl sites for hydroxylation is 3. The quantitative estimate of drug-likeness (QED) is 0.429. The van der Waals surface area contributed by atoms with Crippen LogP contribution in [0.5, 0.6) is 0 Å². The van der Waals surface area contributed by atoms with E-state index in [1.807, 2.05) is 41.3 Å². The molecular formula is C25H27FN6O2. The van der Waals surface area contributed by atoms with Crippen LogP contribution in [0.4, 0.5) is 16.0 Å². The fourth-order valence-electron chi connectivity index (χ4n) is 4.24. The molecule has 1 atom stereocenters. The Hall–Kier alpha value is -3.56. The lowest BCUT2D eigenvalue weighted by Crippen LogP contribution is -2.25. The molecule has 0 spiro atoms. The Balaban J connectivity index is 1.46. The normalized spacial score (nSPS) is 15.4. The Labute approximate surface area is 197 Å². The number of aliphatic hydroxyl groups excluding tert-OH is 1. The molecule has 8 nitrogen and oxygen atoms in total. The van der Waals surface area contributed by atoms with E-state index in [4.69, 9.17) is 14.9 Å². The lowest BCUT2D eigenvalue weighted by Gasteiger charge is -2.27. The molecule has 176 valence electrons. The third kappa shape index (κ3) is 4.32. The molecule has 34 heavy (non-hydrogen) atoms. The minimum absolute atomic E-state index is 0.139. The van der Waals surface area contributed by atoms with Gasteiger partial charge in [-0.2, -0.15) is 5.10 Å². The molecule has 0 bridgehead atoms. The average molecular weight is 463 g/mol. The SMILES string of the molecule is Cc1ccc(-c2cc(C)n(CCCO)n2)cc1Nc1nnc2n1C(c1ccc(F)cc1)COC2. The summed E-state index contributed by atoms with van der Waals surface area (Å²) in [6.45, 7) is 5.69. The summed E-state index contributed by atoms with van der Waals surface area (Å²) in [7, 11) is 0. The van der Waals surface area contributed by atoms with E-state index in [2.05, 4.69) is 21.6 Å². The predicted molar refractivity (Wildman–Crippen MR) is 126 cm³/mol. The van der Waals surface area contributed by atoms with Gasteiger partial charge in [0.05, 0.1) is 18.3 Å². The molecule has 3 heterocycles. The van der Waals surface area contributed by atoms with E-state index < -0.39 is 0 Å². The zero-order valence-corrected chi connectivity index (χ0v) is 19.2. The van der Waals surface area contributed by atoms with Crippen molar-refractivity contribution in [3.05, 3.63) is 77.0 Å². The number of anilines is 2. The summed E-state index contributed by atoms with van der Waals surface area (Å²) in [5.74, 6) is 1.05. The topological polar surface area (TPSA) is 90.0 Å². The molecule has 0 saturated heterocycles. The zero-order valence-electron chi connectivity index (χ0n) is 19.2. The molecule has 9 heteroatoms. The molecule has 0 amide bonds. The molecule has 1 unspecified atom stereocenters. The number of aromatic nitrogens is 5. The van der Waals surface area contributed by atoms with E-state index in [1.54, 1.807) is 12.1 Å². The Morgan fingerprint density at radius 3 is 2.74 bits per heavy atom. The van der Waals surface area contributed by atoms with Crippen molar-refractivity contribution in [2.45, 2.75) is 39.5 Å². The van der Waals surface area contributed by atoms with Crippen LogP contribution in [0.3, 0.4) is 0 Å². The van der Waals surface area contributed by atoms with E-state index in [9.17, 15) is 4.39 Å². The van der Waals surface area contributed by atoms with Crippen LogP contribution in [0.2, 0.25) is 0 Å². The van der Waals surface area contributed by atoms with Gasteiger partial charge in [0, 0.05) is 30.1 Å². The van der Waals surface area contributed by atoms with Gasteiger partial charge in [-0.1, -0.05) is 24.3 Å². The first-order chi connectivity index (χ1) is 16.5. The number of ether oxygens (including phenoxy) is 1. The Morgan fingerprint density at radius 2 is 1.94 bits per heavy atom. The number of hydrogen-bond donors (Lipinski definition) is 2. The first-order valence-corrected chi connectivity index (χ1v) is 11.3. The highest BCUT2D eigenvalue weighted by atomic mass is 19.1. The highest BCUT2D eigenvalue weighted by molar-refractivity contribution is 5.70. The fourth-order valence-corrected chi connectivity index (χ4v) is 4.24. The standard InChI is InChI=1S/C25H27FN6O2/c1-16-4-5-19(22-12-17(2)31(30-22)10-3-11-33)13-21(16)27-25-29-28-24-15-34-14-23(32(24)25)18-6-8-20(26)9-7-18/h4-9,12-13,23,33H,3,10-11,14-15H2,1-2H3,(H,27,29). The van der Waals surface area contributed by atoms with Crippen molar-refractivity contribution in [1.29, 1.82) is 0 Å². The van der Waals surface area contributed by atoms with Crippen LogP contribution in [-0.2, 0) is 17.9 Å². The number of benzene rings is 2. The summed E-state index contributed by atoms with van der Waals surface area (Å²) >= 11 is 0. The second-order valence-electron chi connectivity index (χ2n) is 8.52. The van der Waals surface area contributed by atoms with E-state index in [0.29, 0.717) is 32.1 Å². The molecule has 5 rings (SSSR count). The van der Waals surface area contributed by atoms with Gasteiger partial charge >= 0.3 is 0 Å². The Morgan fingerprint density at radius 1 is 1.12 bits per heavy atom. The van der Waals surface area contributed by atoms with Gasteiger partial charge in [-0.05, 0) is 55.7 Å². The van der Waals surface area contributed by atoms with Gasteiger partial charge in [0.25, 0.3) is 0 Å². The van der Waals surface area contributed by atoms with Crippen LogP contribution >= 0.6 is 0 Å². The number of aliphatic hydroxyl groups is 1. The number of halogens is 1. The van der Waals surface area contributed by atoms with Gasteiger partial charge < -0.3 is 15.2 Å². The molecule has 0 aliphatic carbocycles. The van der Waals surface area contributed by atoms with Crippen LogP contribution in [0, 0.1) is 19.7 Å². The highest BCUT2D eigenvalue weighted by Crippen LogP contribution is 2.32. The van der Waals surface area contributed by atoms with Gasteiger partial charge in [0.1, 0.15) is 12.4 Å². The van der Waals surface area contributed by atoms with Crippen molar-refractivity contribution >= 4 is 11.6 Å². The molecule has 2 aromatic carbocycles. The largest absolute Gasteiger partial charge is 0.396 e. The summed E-state index contributed by atoms with van der Waals surface area (Å²) in [5.41, 5.74) is 5.80. The molecule has 0 fully saturated rings. The van der Waals surface area contributed by atoms with E-state index >= 15 is 0 Å². The van der Waals surface area contributed by atoms with Crippen LogP contribution in [0.1, 0.15) is 35.1 Å². The van der Waals surface area contributed by atoms with Gasteiger partial charge in [-0.3, -0.25) is 9.25 Å². The van der Waals surface area contributed by atoms with Crippen LogP contribution in [0.15, 0.2) is 48.5 Å². The van der Waals surface area contributed by atoms with Gasteiger partial charge in [0.2, 0.25) is 5.95 Å². The maximum absolute atomic E-state index is 13.5. The van der Waals surface area contributed by atoms with E-state index in [-0.39, 0.29) is 18.5 Å². The summed E-state index contributed by atoms with van der Waals surface area (Å²) in [6.07, 6.45) is 0.666. The third-order valence-corrected chi connectivity index (χ3v) is 6.13. The maximum Gasteiger partial charge on any atom is 0.229 e.